The van der Waals surface area contributed by atoms with Crippen LogP contribution in [0.25, 0.3) is 0 Å². The Morgan fingerprint density at radius 2 is 2.09 bits per heavy atom. The molecule has 0 aliphatic carbocycles. The zero-order valence-electron chi connectivity index (χ0n) is 8.15. The molecule has 0 saturated heterocycles. The second kappa shape index (κ2) is 6.20. The first-order valence-corrected chi connectivity index (χ1v) is 4.45. The normalized spacial score (nSPS) is 12.3. The summed E-state index contributed by atoms with van der Waals surface area (Å²) in [6.45, 7) is 8.46. The minimum Gasteiger partial charge on any atom is -0.308 e. The number of nitrogens with one attached hydrogen (secondary N) is 1. The van der Waals surface area contributed by atoms with Crippen LogP contribution in [0.1, 0.15) is 47.0 Å². The maximum Gasteiger partial charge on any atom is 0.0383 e. The lowest BCUT2D eigenvalue weighted by molar-refractivity contribution is 0.617. The Morgan fingerprint density at radius 1 is 1.45 bits per heavy atom. The lowest BCUT2D eigenvalue weighted by Crippen LogP contribution is -2.17. The second-order valence-electron chi connectivity index (χ2n) is 3.23. The van der Waals surface area contributed by atoms with Crippen molar-refractivity contribution in [3.05, 3.63) is 0 Å². The SMILES string of the molecule is CCCC/C(C)=N/NC(C)C. The Bertz CT molecular complexity index is 117. The fraction of sp³-hybridized carbons (Fsp3) is 0.889. The van der Waals surface area contributed by atoms with Crippen LogP contribution < -0.4 is 5.43 Å². The van der Waals surface area contributed by atoms with Gasteiger partial charge in [-0.15, -0.1) is 0 Å². The third-order valence-corrected chi connectivity index (χ3v) is 1.41. The van der Waals surface area contributed by atoms with Crippen LogP contribution in [0.15, 0.2) is 5.10 Å². The summed E-state index contributed by atoms with van der Waals surface area (Å²) < 4.78 is 0. The van der Waals surface area contributed by atoms with Crippen LogP contribution in [0, 0.1) is 0 Å². The Hall–Kier alpha value is -0.530. The van der Waals surface area contributed by atoms with E-state index in [2.05, 4.69) is 38.2 Å². The molecule has 66 valence electrons. The molecule has 0 aliphatic heterocycles. The Morgan fingerprint density at radius 3 is 2.55 bits per heavy atom. The lowest BCUT2D eigenvalue weighted by Gasteiger charge is -2.04. The molecule has 0 saturated carbocycles. The van der Waals surface area contributed by atoms with Crippen molar-refractivity contribution >= 4 is 5.71 Å². The molecule has 0 unspecified atom stereocenters. The fourth-order valence-corrected chi connectivity index (χ4v) is 0.728. The van der Waals surface area contributed by atoms with Gasteiger partial charge in [-0.25, -0.2) is 0 Å². The number of hydrogen-bond donors (Lipinski definition) is 1. The summed E-state index contributed by atoms with van der Waals surface area (Å²) in [7, 11) is 0. The number of nitrogens with zero attached hydrogens (tertiary/aromatic N) is 1. The largest absolute Gasteiger partial charge is 0.308 e. The lowest BCUT2D eigenvalue weighted by atomic mass is 10.2. The predicted molar refractivity (Wildman–Crippen MR) is 50.9 cm³/mol. The molecule has 0 heterocycles. The van der Waals surface area contributed by atoms with Crippen LogP contribution in [0.4, 0.5) is 0 Å². The van der Waals surface area contributed by atoms with E-state index in [-0.39, 0.29) is 0 Å². The van der Waals surface area contributed by atoms with Crippen LogP contribution in [0.3, 0.4) is 0 Å². The molecule has 0 fully saturated rings. The van der Waals surface area contributed by atoms with Gasteiger partial charge in [0.1, 0.15) is 0 Å². The first-order valence-electron chi connectivity index (χ1n) is 4.45. The minimum atomic E-state index is 0.451. The third kappa shape index (κ3) is 7.37. The molecule has 0 amide bonds. The van der Waals surface area contributed by atoms with E-state index in [1.54, 1.807) is 0 Å². The van der Waals surface area contributed by atoms with Gasteiger partial charge >= 0.3 is 0 Å². The van der Waals surface area contributed by atoms with Gasteiger partial charge in [0.15, 0.2) is 0 Å². The van der Waals surface area contributed by atoms with Gasteiger partial charge in [0, 0.05) is 11.8 Å². The van der Waals surface area contributed by atoms with E-state index in [1.807, 2.05) is 0 Å². The molecule has 0 bridgehead atoms. The minimum absolute atomic E-state index is 0.451. The molecule has 2 heteroatoms. The van der Waals surface area contributed by atoms with Crippen molar-refractivity contribution in [3.63, 3.8) is 0 Å². The highest BCUT2D eigenvalue weighted by molar-refractivity contribution is 5.81. The van der Waals surface area contributed by atoms with Gasteiger partial charge in [-0.2, -0.15) is 5.10 Å². The van der Waals surface area contributed by atoms with E-state index in [0.29, 0.717) is 6.04 Å². The Kier molecular flexibility index (Phi) is 5.90. The molecule has 11 heavy (non-hydrogen) atoms. The molecule has 0 spiro atoms. The van der Waals surface area contributed by atoms with Gasteiger partial charge in [-0.3, -0.25) is 0 Å². The number of rotatable bonds is 5. The van der Waals surface area contributed by atoms with Gasteiger partial charge in [-0.1, -0.05) is 13.3 Å². The van der Waals surface area contributed by atoms with Crippen LogP contribution in [-0.4, -0.2) is 11.8 Å². The van der Waals surface area contributed by atoms with Crippen molar-refractivity contribution in [3.8, 4) is 0 Å². The zero-order valence-corrected chi connectivity index (χ0v) is 8.15. The first kappa shape index (κ1) is 10.5. The highest BCUT2D eigenvalue weighted by atomic mass is 15.3. The maximum atomic E-state index is 4.23. The summed E-state index contributed by atoms with van der Waals surface area (Å²) >= 11 is 0. The van der Waals surface area contributed by atoms with Crippen molar-refractivity contribution in [2.24, 2.45) is 5.10 Å². The van der Waals surface area contributed by atoms with Crippen LogP contribution in [-0.2, 0) is 0 Å². The van der Waals surface area contributed by atoms with Crippen molar-refractivity contribution < 1.29 is 0 Å². The number of unbranched alkanes of at least 4 members (excludes halogenated alkanes) is 1. The molecule has 1 N–H and O–H groups in total. The molecule has 0 radical (unpaired) electrons. The molecule has 0 atom stereocenters. The van der Waals surface area contributed by atoms with E-state index < -0.39 is 0 Å². The summed E-state index contributed by atoms with van der Waals surface area (Å²) in [4.78, 5) is 0. The zero-order chi connectivity index (χ0) is 8.69. The van der Waals surface area contributed by atoms with Crippen LogP contribution in [0.5, 0.6) is 0 Å². The molecular weight excluding hydrogens is 136 g/mol. The molecule has 0 aromatic heterocycles. The average Bonchev–Trinajstić information content (AvgIpc) is 1.97. The number of hydrazone groups is 1. The third-order valence-electron chi connectivity index (χ3n) is 1.41. The quantitative estimate of drug-likeness (QED) is 0.480. The molecule has 0 aromatic rings. The monoisotopic (exact) mass is 156 g/mol. The highest BCUT2D eigenvalue weighted by Crippen LogP contribution is 1.95. The van der Waals surface area contributed by atoms with E-state index in [0.717, 1.165) is 6.42 Å². The topological polar surface area (TPSA) is 24.4 Å². The van der Waals surface area contributed by atoms with Gasteiger partial charge in [-0.05, 0) is 33.6 Å². The molecule has 0 aromatic carbocycles. The number of hydrogen-bond acceptors (Lipinski definition) is 2. The van der Waals surface area contributed by atoms with Crippen molar-refractivity contribution in [1.29, 1.82) is 0 Å². The summed E-state index contributed by atoms with van der Waals surface area (Å²) in [6.07, 6.45) is 3.61. The van der Waals surface area contributed by atoms with Crippen molar-refractivity contribution in [2.45, 2.75) is 53.0 Å². The van der Waals surface area contributed by atoms with Crippen molar-refractivity contribution in [1.82, 2.24) is 5.43 Å². The summed E-state index contributed by atoms with van der Waals surface area (Å²) in [5.74, 6) is 0. The van der Waals surface area contributed by atoms with E-state index in [1.165, 1.54) is 18.6 Å². The van der Waals surface area contributed by atoms with Crippen molar-refractivity contribution in [2.75, 3.05) is 0 Å². The highest BCUT2D eigenvalue weighted by Gasteiger charge is 1.91. The first-order chi connectivity index (χ1) is 5.16. The molecular formula is C9H20N2. The Labute approximate surface area is 70.1 Å². The van der Waals surface area contributed by atoms with Crippen LogP contribution in [0.2, 0.25) is 0 Å². The Balaban J connectivity index is 3.46. The van der Waals surface area contributed by atoms with Gasteiger partial charge in [0.25, 0.3) is 0 Å². The fourth-order valence-electron chi connectivity index (χ4n) is 0.728. The van der Waals surface area contributed by atoms with Gasteiger partial charge < -0.3 is 5.43 Å². The standard InChI is InChI=1S/C9H20N2/c1-5-6-7-9(4)11-10-8(2)3/h8,10H,5-7H2,1-4H3/b11-9+. The molecule has 0 rings (SSSR count). The summed E-state index contributed by atoms with van der Waals surface area (Å²) in [5.41, 5.74) is 4.25. The summed E-state index contributed by atoms with van der Waals surface area (Å²) in [5, 5.41) is 4.23. The predicted octanol–water partition coefficient (Wildman–Crippen LogP) is 2.55. The second-order valence-corrected chi connectivity index (χ2v) is 3.23. The smallest absolute Gasteiger partial charge is 0.0383 e. The average molecular weight is 156 g/mol. The maximum absolute atomic E-state index is 4.23. The van der Waals surface area contributed by atoms with E-state index in [4.69, 9.17) is 0 Å². The van der Waals surface area contributed by atoms with Gasteiger partial charge in [0.2, 0.25) is 0 Å². The van der Waals surface area contributed by atoms with Crippen LogP contribution >= 0.6 is 0 Å². The summed E-state index contributed by atoms with van der Waals surface area (Å²) in [6, 6.07) is 0.451. The van der Waals surface area contributed by atoms with Gasteiger partial charge in [0.05, 0.1) is 0 Å². The van der Waals surface area contributed by atoms with E-state index >= 15 is 0 Å². The van der Waals surface area contributed by atoms with E-state index in [9.17, 15) is 0 Å². The molecule has 0 aliphatic rings. The molecule has 2 nitrogen and oxygen atoms in total.